The molecule has 0 radical (unpaired) electrons. The average molecular weight is 299 g/mol. The Morgan fingerprint density at radius 1 is 1.36 bits per heavy atom. The SMILES string of the molecule is O=C(NCC1=CCCCC1)c1ccc2c(c1)ncn2CCO. The van der Waals surface area contributed by atoms with Gasteiger partial charge in [-0.05, 0) is 43.9 Å². The van der Waals surface area contributed by atoms with E-state index in [0.717, 1.165) is 23.9 Å². The molecule has 0 saturated heterocycles. The van der Waals surface area contributed by atoms with Crippen molar-refractivity contribution in [2.24, 2.45) is 0 Å². The molecule has 1 aliphatic rings. The Kier molecular flexibility index (Phi) is 4.53. The highest BCUT2D eigenvalue weighted by molar-refractivity contribution is 5.97. The van der Waals surface area contributed by atoms with Gasteiger partial charge in [-0.15, -0.1) is 0 Å². The number of carbonyl (C=O) groups excluding carboxylic acids is 1. The van der Waals surface area contributed by atoms with E-state index in [1.165, 1.54) is 18.4 Å². The third-order valence-corrected chi connectivity index (χ3v) is 4.09. The normalized spacial score (nSPS) is 14.9. The van der Waals surface area contributed by atoms with Gasteiger partial charge in [0.25, 0.3) is 5.91 Å². The zero-order valence-electron chi connectivity index (χ0n) is 12.6. The van der Waals surface area contributed by atoms with Crippen LogP contribution in [-0.2, 0) is 6.54 Å². The van der Waals surface area contributed by atoms with Crippen LogP contribution in [-0.4, -0.2) is 33.7 Å². The van der Waals surface area contributed by atoms with E-state index in [2.05, 4.69) is 16.4 Å². The second-order valence-corrected chi connectivity index (χ2v) is 5.66. The summed E-state index contributed by atoms with van der Waals surface area (Å²) in [5, 5.41) is 12.0. The smallest absolute Gasteiger partial charge is 0.251 e. The second kappa shape index (κ2) is 6.75. The van der Waals surface area contributed by atoms with Gasteiger partial charge >= 0.3 is 0 Å². The maximum Gasteiger partial charge on any atom is 0.251 e. The molecule has 5 nitrogen and oxygen atoms in total. The van der Waals surface area contributed by atoms with Gasteiger partial charge in [0.2, 0.25) is 0 Å². The Morgan fingerprint density at radius 2 is 2.27 bits per heavy atom. The molecule has 2 aromatic rings. The highest BCUT2D eigenvalue weighted by Gasteiger charge is 2.10. The van der Waals surface area contributed by atoms with Crippen LogP contribution in [0, 0.1) is 0 Å². The Morgan fingerprint density at radius 3 is 3.05 bits per heavy atom. The molecular weight excluding hydrogens is 278 g/mol. The third kappa shape index (κ3) is 3.20. The monoisotopic (exact) mass is 299 g/mol. The minimum Gasteiger partial charge on any atom is -0.395 e. The van der Waals surface area contributed by atoms with Crippen LogP contribution in [0.4, 0.5) is 0 Å². The summed E-state index contributed by atoms with van der Waals surface area (Å²) in [7, 11) is 0. The van der Waals surface area contributed by atoms with Crippen molar-refractivity contribution in [3.05, 3.63) is 41.7 Å². The van der Waals surface area contributed by atoms with Crippen molar-refractivity contribution < 1.29 is 9.90 Å². The fourth-order valence-corrected chi connectivity index (χ4v) is 2.85. The minimum absolute atomic E-state index is 0.0647. The van der Waals surface area contributed by atoms with Crippen LogP contribution < -0.4 is 5.32 Å². The van der Waals surface area contributed by atoms with Crippen molar-refractivity contribution in [3.63, 3.8) is 0 Å². The number of aromatic nitrogens is 2. The lowest BCUT2D eigenvalue weighted by Crippen LogP contribution is -2.26. The van der Waals surface area contributed by atoms with E-state index >= 15 is 0 Å². The molecule has 0 unspecified atom stereocenters. The van der Waals surface area contributed by atoms with Gasteiger partial charge in [0.1, 0.15) is 0 Å². The van der Waals surface area contributed by atoms with E-state index in [0.29, 0.717) is 18.7 Å². The summed E-state index contributed by atoms with van der Waals surface area (Å²) in [6, 6.07) is 5.49. The summed E-state index contributed by atoms with van der Waals surface area (Å²) in [6.07, 6.45) is 8.61. The summed E-state index contributed by atoms with van der Waals surface area (Å²) < 4.78 is 1.88. The largest absolute Gasteiger partial charge is 0.395 e. The number of benzene rings is 1. The van der Waals surface area contributed by atoms with E-state index in [4.69, 9.17) is 5.11 Å². The maximum absolute atomic E-state index is 12.3. The predicted molar refractivity (Wildman–Crippen MR) is 85.7 cm³/mol. The molecule has 0 fully saturated rings. The van der Waals surface area contributed by atoms with E-state index in [-0.39, 0.29) is 12.5 Å². The molecule has 22 heavy (non-hydrogen) atoms. The number of rotatable bonds is 5. The molecule has 1 aromatic heterocycles. The van der Waals surface area contributed by atoms with E-state index in [1.807, 2.05) is 16.7 Å². The molecule has 0 saturated carbocycles. The number of aliphatic hydroxyl groups is 1. The molecular formula is C17H21N3O2. The van der Waals surface area contributed by atoms with Crippen LogP contribution in [0.3, 0.4) is 0 Å². The number of allylic oxidation sites excluding steroid dienone is 1. The number of hydrogen-bond acceptors (Lipinski definition) is 3. The number of hydrogen-bond donors (Lipinski definition) is 2. The highest BCUT2D eigenvalue weighted by Crippen LogP contribution is 2.17. The van der Waals surface area contributed by atoms with Crippen molar-refractivity contribution in [3.8, 4) is 0 Å². The summed E-state index contributed by atoms with van der Waals surface area (Å²) >= 11 is 0. The number of aliphatic hydroxyl groups excluding tert-OH is 1. The first-order valence-corrected chi connectivity index (χ1v) is 7.80. The Balaban J connectivity index is 1.69. The van der Waals surface area contributed by atoms with Gasteiger partial charge in [-0.25, -0.2) is 4.98 Å². The summed E-state index contributed by atoms with van der Waals surface area (Å²) in [6.45, 7) is 1.22. The molecule has 1 aromatic carbocycles. The standard InChI is InChI=1S/C17H21N3O2/c21-9-8-20-12-19-15-10-14(6-7-16(15)20)17(22)18-11-13-4-2-1-3-5-13/h4,6-7,10,12,21H,1-3,5,8-9,11H2,(H,18,22). The molecule has 1 amide bonds. The van der Waals surface area contributed by atoms with Gasteiger partial charge in [-0.2, -0.15) is 0 Å². The number of fused-ring (bicyclic) bond motifs is 1. The molecule has 1 heterocycles. The van der Waals surface area contributed by atoms with Crippen molar-refractivity contribution in [2.75, 3.05) is 13.2 Å². The molecule has 5 heteroatoms. The topological polar surface area (TPSA) is 67.2 Å². The van der Waals surface area contributed by atoms with Crippen molar-refractivity contribution in [1.82, 2.24) is 14.9 Å². The van der Waals surface area contributed by atoms with Gasteiger partial charge < -0.3 is 15.0 Å². The molecule has 1 aliphatic carbocycles. The van der Waals surface area contributed by atoms with Crippen LogP contribution in [0.1, 0.15) is 36.0 Å². The molecule has 0 bridgehead atoms. The molecule has 3 rings (SSSR count). The lowest BCUT2D eigenvalue weighted by Gasteiger charge is -2.13. The van der Waals surface area contributed by atoms with Crippen molar-refractivity contribution in [1.29, 1.82) is 0 Å². The fourth-order valence-electron chi connectivity index (χ4n) is 2.85. The average Bonchev–Trinajstić information content (AvgIpc) is 2.96. The van der Waals surface area contributed by atoms with Gasteiger partial charge in [0, 0.05) is 18.7 Å². The molecule has 2 N–H and O–H groups in total. The lowest BCUT2D eigenvalue weighted by atomic mass is 9.99. The lowest BCUT2D eigenvalue weighted by molar-refractivity contribution is 0.0956. The molecule has 116 valence electrons. The fraction of sp³-hybridized carbons (Fsp3) is 0.412. The van der Waals surface area contributed by atoms with Crippen LogP contribution in [0.15, 0.2) is 36.2 Å². The maximum atomic E-state index is 12.3. The zero-order valence-corrected chi connectivity index (χ0v) is 12.6. The van der Waals surface area contributed by atoms with Gasteiger partial charge in [0.05, 0.1) is 24.0 Å². The Labute approximate surface area is 129 Å². The third-order valence-electron chi connectivity index (χ3n) is 4.09. The second-order valence-electron chi connectivity index (χ2n) is 5.66. The summed E-state index contributed by atoms with van der Waals surface area (Å²) in [4.78, 5) is 16.5. The quantitative estimate of drug-likeness (QED) is 0.832. The minimum atomic E-state index is -0.0647. The first-order valence-electron chi connectivity index (χ1n) is 7.80. The molecule has 0 spiro atoms. The first-order chi connectivity index (χ1) is 10.8. The molecule has 0 aliphatic heterocycles. The summed E-state index contributed by atoms with van der Waals surface area (Å²) in [5.41, 5.74) is 3.66. The number of amides is 1. The highest BCUT2D eigenvalue weighted by atomic mass is 16.3. The van der Waals surface area contributed by atoms with E-state index < -0.39 is 0 Å². The van der Waals surface area contributed by atoms with Crippen LogP contribution in [0.2, 0.25) is 0 Å². The number of nitrogens with one attached hydrogen (secondary N) is 1. The zero-order chi connectivity index (χ0) is 15.4. The Bertz CT molecular complexity index is 703. The van der Waals surface area contributed by atoms with Crippen LogP contribution in [0.25, 0.3) is 11.0 Å². The summed E-state index contributed by atoms with van der Waals surface area (Å²) in [5.74, 6) is -0.0647. The first kappa shape index (κ1) is 14.8. The van der Waals surface area contributed by atoms with Gasteiger partial charge in [-0.1, -0.05) is 11.6 Å². The van der Waals surface area contributed by atoms with Crippen molar-refractivity contribution in [2.45, 2.75) is 32.2 Å². The van der Waals surface area contributed by atoms with Crippen LogP contribution >= 0.6 is 0 Å². The molecule has 0 atom stereocenters. The van der Waals surface area contributed by atoms with Gasteiger partial charge in [-0.3, -0.25) is 4.79 Å². The Hall–Kier alpha value is -2.14. The number of imidazole rings is 1. The van der Waals surface area contributed by atoms with Crippen LogP contribution in [0.5, 0.6) is 0 Å². The predicted octanol–water partition coefficient (Wildman–Crippen LogP) is 2.26. The number of carbonyl (C=O) groups is 1. The van der Waals surface area contributed by atoms with Crippen molar-refractivity contribution >= 4 is 16.9 Å². The number of nitrogens with zero attached hydrogens (tertiary/aromatic N) is 2. The van der Waals surface area contributed by atoms with E-state index in [1.54, 1.807) is 12.4 Å². The van der Waals surface area contributed by atoms with E-state index in [9.17, 15) is 4.79 Å². The van der Waals surface area contributed by atoms with Gasteiger partial charge in [0.15, 0.2) is 0 Å².